The number of carbonyl (C=O) groups is 2. The standard InChI is InChI=1S/C28H23F3N4O5.C2H6.CH5P/c1-3-25(36)34-24-13-18(9-11-32-24)40-23-15-19(30)21(14-20(23)31)33-27(37)26-22(39-4-2)10-12-35(28(26)38)17-7-5-16(29)6-8-17;2*1-2/h5-15H,3-4H2,1-2H3,(H,33,37)(H,32,34,36);1-2H3;2H2,1H3. The van der Waals surface area contributed by atoms with E-state index in [1.165, 1.54) is 42.7 Å². The van der Waals surface area contributed by atoms with Crippen LogP contribution in [-0.2, 0) is 4.79 Å². The van der Waals surface area contributed by atoms with Crippen molar-refractivity contribution in [1.29, 1.82) is 0 Å². The number of rotatable bonds is 9. The van der Waals surface area contributed by atoms with E-state index in [1.807, 2.05) is 20.5 Å². The zero-order valence-electron chi connectivity index (χ0n) is 24.9. The molecule has 4 rings (SSSR count). The fourth-order valence-corrected chi connectivity index (χ4v) is 3.60. The first kappa shape index (κ1) is 35.5. The van der Waals surface area contributed by atoms with Crippen LogP contribution in [0.25, 0.3) is 5.69 Å². The van der Waals surface area contributed by atoms with Crippen LogP contribution in [-0.4, -0.2) is 34.6 Å². The highest BCUT2D eigenvalue weighted by Crippen LogP contribution is 2.30. The van der Waals surface area contributed by atoms with Crippen molar-refractivity contribution in [2.24, 2.45) is 0 Å². The third kappa shape index (κ3) is 9.15. The molecule has 2 aromatic carbocycles. The minimum Gasteiger partial charge on any atom is -0.493 e. The maximum atomic E-state index is 15.0. The van der Waals surface area contributed by atoms with Crippen LogP contribution < -0.4 is 25.7 Å². The van der Waals surface area contributed by atoms with Crippen molar-refractivity contribution < 1.29 is 32.2 Å². The maximum absolute atomic E-state index is 15.0. The Balaban J connectivity index is 0.00000162. The van der Waals surface area contributed by atoms with Crippen LogP contribution in [0.3, 0.4) is 0 Å². The number of benzene rings is 2. The molecule has 0 aliphatic rings. The van der Waals surface area contributed by atoms with Gasteiger partial charge in [0.15, 0.2) is 17.4 Å². The number of nitrogens with one attached hydrogen (secondary N) is 2. The van der Waals surface area contributed by atoms with Gasteiger partial charge in [-0.25, -0.2) is 18.2 Å². The number of pyridine rings is 2. The van der Waals surface area contributed by atoms with E-state index in [2.05, 4.69) is 24.9 Å². The number of halogens is 3. The number of nitrogens with zero attached hydrogens (tertiary/aromatic N) is 2. The molecule has 0 spiro atoms. The van der Waals surface area contributed by atoms with Crippen LogP contribution >= 0.6 is 9.24 Å². The predicted octanol–water partition coefficient (Wildman–Crippen LogP) is 6.96. The van der Waals surface area contributed by atoms with Crippen LogP contribution in [0.5, 0.6) is 17.2 Å². The predicted molar refractivity (Wildman–Crippen MR) is 168 cm³/mol. The Morgan fingerprint density at radius 2 is 1.59 bits per heavy atom. The topological polar surface area (TPSA) is 112 Å². The largest absolute Gasteiger partial charge is 0.493 e. The zero-order valence-corrected chi connectivity index (χ0v) is 26.1. The van der Waals surface area contributed by atoms with Gasteiger partial charge in [-0.1, -0.05) is 27.4 Å². The first-order valence-electron chi connectivity index (χ1n) is 13.7. The van der Waals surface area contributed by atoms with Crippen molar-refractivity contribution in [3.63, 3.8) is 0 Å². The van der Waals surface area contributed by atoms with Crippen molar-refractivity contribution in [3.05, 3.63) is 100 Å². The first-order chi connectivity index (χ1) is 21.2. The molecule has 13 heteroatoms. The average molecular weight is 631 g/mol. The van der Waals surface area contributed by atoms with Crippen molar-refractivity contribution in [2.45, 2.75) is 34.1 Å². The van der Waals surface area contributed by atoms with Crippen LogP contribution in [0, 0.1) is 17.5 Å². The summed E-state index contributed by atoms with van der Waals surface area (Å²) in [5, 5.41) is 4.73. The summed E-state index contributed by atoms with van der Waals surface area (Å²) >= 11 is 0. The number of hydrogen-bond donors (Lipinski definition) is 2. The van der Waals surface area contributed by atoms with Crippen LogP contribution in [0.4, 0.5) is 24.7 Å². The Hall–Kier alpha value is -4.70. The van der Waals surface area contributed by atoms with E-state index in [1.54, 1.807) is 13.8 Å². The highest BCUT2D eigenvalue weighted by atomic mass is 31.0. The number of amides is 2. The molecule has 0 aliphatic carbocycles. The van der Waals surface area contributed by atoms with Gasteiger partial charge >= 0.3 is 0 Å². The van der Waals surface area contributed by atoms with Crippen molar-refractivity contribution in [1.82, 2.24) is 9.55 Å². The molecule has 0 aliphatic heterocycles. The van der Waals surface area contributed by atoms with E-state index in [0.29, 0.717) is 6.07 Å². The van der Waals surface area contributed by atoms with Gasteiger partial charge < -0.3 is 20.1 Å². The molecule has 2 N–H and O–H groups in total. The Morgan fingerprint density at radius 3 is 2.23 bits per heavy atom. The zero-order chi connectivity index (χ0) is 32.8. The van der Waals surface area contributed by atoms with Crippen molar-refractivity contribution in [2.75, 3.05) is 23.9 Å². The molecule has 44 heavy (non-hydrogen) atoms. The Bertz CT molecular complexity index is 1630. The molecule has 0 saturated carbocycles. The molecular formula is C31H34F3N4O5P. The minimum absolute atomic E-state index is 0.0727. The lowest BCUT2D eigenvalue weighted by Gasteiger charge is -2.14. The number of ether oxygens (including phenoxy) is 2. The second-order valence-electron chi connectivity index (χ2n) is 8.24. The highest BCUT2D eigenvalue weighted by Gasteiger charge is 2.22. The molecule has 0 saturated heterocycles. The van der Waals surface area contributed by atoms with Gasteiger partial charge in [0.2, 0.25) is 5.91 Å². The van der Waals surface area contributed by atoms with Gasteiger partial charge in [0.1, 0.15) is 28.7 Å². The molecule has 0 fully saturated rings. The van der Waals surface area contributed by atoms with Gasteiger partial charge in [0.05, 0.1) is 12.3 Å². The summed E-state index contributed by atoms with van der Waals surface area (Å²) in [7, 11) is 2.42. The fourth-order valence-electron chi connectivity index (χ4n) is 3.60. The van der Waals surface area contributed by atoms with E-state index >= 15 is 0 Å². The summed E-state index contributed by atoms with van der Waals surface area (Å²) in [4.78, 5) is 41.9. The second-order valence-corrected chi connectivity index (χ2v) is 8.24. The van der Waals surface area contributed by atoms with E-state index in [4.69, 9.17) is 9.47 Å². The summed E-state index contributed by atoms with van der Waals surface area (Å²) in [6, 6.07) is 10.5. The second kappa shape index (κ2) is 17.4. The lowest BCUT2D eigenvalue weighted by Crippen LogP contribution is -2.29. The molecule has 4 aromatic rings. The quantitative estimate of drug-likeness (QED) is 0.194. The van der Waals surface area contributed by atoms with E-state index in [0.717, 1.165) is 22.8 Å². The lowest BCUT2D eigenvalue weighted by atomic mass is 10.2. The lowest BCUT2D eigenvalue weighted by molar-refractivity contribution is -0.115. The van der Waals surface area contributed by atoms with Crippen molar-refractivity contribution in [3.8, 4) is 22.9 Å². The Morgan fingerprint density at radius 1 is 0.909 bits per heavy atom. The van der Waals surface area contributed by atoms with Gasteiger partial charge in [0, 0.05) is 42.7 Å². The number of carbonyl (C=O) groups excluding carboxylic acids is 2. The van der Waals surface area contributed by atoms with E-state index in [-0.39, 0.29) is 41.9 Å². The fraction of sp³-hybridized carbons (Fsp3) is 0.226. The molecule has 0 radical (unpaired) electrons. The SMILES string of the molecule is CC.CCOc1ccn(-c2ccc(F)cc2)c(=O)c1C(=O)Nc1cc(F)c(Oc2ccnc(NC(=O)CC)c2)cc1F.CP. The summed E-state index contributed by atoms with van der Waals surface area (Å²) in [6.07, 6.45) is 2.88. The molecule has 1 atom stereocenters. The third-order valence-electron chi connectivity index (χ3n) is 5.50. The van der Waals surface area contributed by atoms with Crippen LogP contribution in [0.15, 0.2) is 71.8 Å². The molecule has 1 unspecified atom stereocenters. The van der Waals surface area contributed by atoms with Crippen LogP contribution in [0.2, 0.25) is 0 Å². The summed E-state index contributed by atoms with van der Waals surface area (Å²) in [6.45, 7) is 9.34. The van der Waals surface area contributed by atoms with Crippen LogP contribution in [0.1, 0.15) is 44.5 Å². The van der Waals surface area contributed by atoms with E-state index in [9.17, 15) is 27.6 Å². The first-order valence-corrected chi connectivity index (χ1v) is 14.8. The third-order valence-corrected chi connectivity index (χ3v) is 5.50. The van der Waals surface area contributed by atoms with Gasteiger partial charge in [0.25, 0.3) is 11.5 Å². The molecule has 0 bridgehead atoms. The normalized spacial score (nSPS) is 9.93. The average Bonchev–Trinajstić information content (AvgIpc) is 3.02. The number of anilines is 2. The van der Waals surface area contributed by atoms with Gasteiger partial charge in [-0.2, -0.15) is 0 Å². The highest BCUT2D eigenvalue weighted by molar-refractivity contribution is 7.15. The summed E-state index contributed by atoms with van der Waals surface area (Å²) in [5.74, 6) is -4.27. The van der Waals surface area contributed by atoms with Crippen molar-refractivity contribution >= 4 is 32.6 Å². The molecule has 9 nitrogen and oxygen atoms in total. The van der Waals surface area contributed by atoms with E-state index < -0.39 is 45.9 Å². The summed E-state index contributed by atoms with van der Waals surface area (Å²) in [5.41, 5.74) is -1.57. The Labute approximate surface area is 255 Å². The molecule has 2 amide bonds. The van der Waals surface area contributed by atoms with Gasteiger partial charge in [-0.15, -0.1) is 9.24 Å². The maximum Gasteiger partial charge on any atom is 0.271 e. The summed E-state index contributed by atoms with van der Waals surface area (Å²) < 4.78 is 55.1. The monoisotopic (exact) mass is 630 g/mol. The minimum atomic E-state index is -1.05. The van der Waals surface area contributed by atoms with Gasteiger partial charge in [-0.3, -0.25) is 19.0 Å². The van der Waals surface area contributed by atoms with Gasteiger partial charge in [-0.05, 0) is 43.3 Å². The number of hydrogen-bond acceptors (Lipinski definition) is 6. The molecule has 2 aromatic heterocycles. The smallest absolute Gasteiger partial charge is 0.271 e. The number of aromatic nitrogens is 2. The molecular weight excluding hydrogens is 596 g/mol. The molecule has 2 heterocycles. The Kier molecular flexibility index (Phi) is 14.1. The molecule has 234 valence electrons.